The highest BCUT2D eigenvalue weighted by Crippen LogP contribution is 2.26. The number of anilines is 1. The standard InChI is InChI=1S/C12H16Cl2N2O/c1-12(2,3)10(15)11(17)16-9-5-4-7(13)6-8(9)14/h4-6,10H,15H2,1-3H3,(H,16,17)/t10-/m0/s1. The largest absolute Gasteiger partial charge is 0.323 e. The fourth-order valence-corrected chi connectivity index (χ4v) is 1.65. The van der Waals surface area contributed by atoms with E-state index in [2.05, 4.69) is 5.32 Å². The van der Waals surface area contributed by atoms with Crippen molar-refractivity contribution in [2.75, 3.05) is 5.32 Å². The Morgan fingerprint density at radius 1 is 1.35 bits per heavy atom. The molecule has 0 unspecified atom stereocenters. The van der Waals surface area contributed by atoms with Crippen molar-refractivity contribution in [3.05, 3.63) is 28.2 Å². The molecule has 0 heterocycles. The van der Waals surface area contributed by atoms with E-state index in [0.717, 1.165) is 0 Å². The van der Waals surface area contributed by atoms with Crippen LogP contribution in [0.5, 0.6) is 0 Å². The van der Waals surface area contributed by atoms with Gasteiger partial charge in [-0.25, -0.2) is 0 Å². The van der Waals surface area contributed by atoms with Crippen LogP contribution in [-0.2, 0) is 4.79 Å². The Kier molecular flexibility index (Phi) is 4.42. The van der Waals surface area contributed by atoms with E-state index in [1.807, 2.05) is 20.8 Å². The summed E-state index contributed by atoms with van der Waals surface area (Å²) in [6, 6.07) is 4.28. The quantitative estimate of drug-likeness (QED) is 0.870. The van der Waals surface area contributed by atoms with Crippen LogP contribution in [0.3, 0.4) is 0 Å². The summed E-state index contributed by atoms with van der Waals surface area (Å²) in [5.41, 5.74) is 6.05. The summed E-state index contributed by atoms with van der Waals surface area (Å²) < 4.78 is 0. The van der Waals surface area contributed by atoms with Gasteiger partial charge in [-0.15, -0.1) is 0 Å². The van der Waals surface area contributed by atoms with Crippen LogP contribution < -0.4 is 11.1 Å². The number of carbonyl (C=O) groups excluding carboxylic acids is 1. The van der Waals surface area contributed by atoms with Crippen LogP contribution in [0.25, 0.3) is 0 Å². The zero-order chi connectivity index (χ0) is 13.2. The van der Waals surface area contributed by atoms with Gasteiger partial charge in [0.25, 0.3) is 0 Å². The average Bonchev–Trinajstić information content (AvgIpc) is 2.19. The van der Waals surface area contributed by atoms with Crippen molar-refractivity contribution in [3.8, 4) is 0 Å². The van der Waals surface area contributed by atoms with Crippen molar-refractivity contribution >= 4 is 34.8 Å². The molecule has 0 aromatic heterocycles. The topological polar surface area (TPSA) is 55.1 Å². The summed E-state index contributed by atoms with van der Waals surface area (Å²) in [6.07, 6.45) is 0. The van der Waals surface area contributed by atoms with Gasteiger partial charge in [0.05, 0.1) is 16.8 Å². The fourth-order valence-electron chi connectivity index (χ4n) is 1.19. The number of hydrogen-bond acceptors (Lipinski definition) is 2. The lowest BCUT2D eigenvalue weighted by molar-refractivity contribution is -0.119. The second-order valence-electron chi connectivity index (χ2n) is 4.96. The molecule has 3 nitrogen and oxygen atoms in total. The smallest absolute Gasteiger partial charge is 0.241 e. The minimum atomic E-state index is -0.603. The molecule has 0 saturated heterocycles. The zero-order valence-corrected chi connectivity index (χ0v) is 11.6. The van der Waals surface area contributed by atoms with E-state index in [-0.39, 0.29) is 11.3 Å². The Labute approximate surface area is 111 Å². The van der Waals surface area contributed by atoms with Crippen LogP contribution in [-0.4, -0.2) is 11.9 Å². The van der Waals surface area contributed by atoms with Gasteiger partial charge in [-0.2, -0.15) is 0 Å². The maximum Gasteiger partial charge on any atom is 0.241 e. The highest BCUT2D eigenvalue weighted by molar-refractivity contribution is 6.36. The summed E-state index contributed by atoms with van der Waals surface area (Å²) in [4.78, 5) is 11.9. The van der Waals surface area contributed by atoms with E-state index in [4.69, 9.17) is 28.9 Å². The van der Waals surface area contributed by atoms with Gasteiger partial charge in [-0.05, 0) is 23.6 Å². The Balaban J connectivity index is 2.82. The van der Waals surface area contributed by atoms with Crippen molar-refractivity contribution in [2.45, 2.75) is 26.8 Å². The zero-order valence-electron chi connectivity index (χ0n) is 10.1. The first-order chi connectivity index (χ1) is 7.71. The molecule has 0 spiro atoms. The Bertz CT molecular complexity index is 427. The molecular formula is C12H16Cl2N2O. The Hall–Kier alpha value is -0.770. The summed E-state index contributed by atoms with van der Waals surface area (Å²) in [5, 5.41) is 3.61. The second-order valence-corrected chi connectivity index (χ2v) is 5.80. The van der Waals surface area contributed by atoms with Crippen LogP contribution in [0.2, 0.25) is 10.0 Å². The summed E-state index contributed by atoms with van der Waals surface area (Å²) in [5.74, 6) is -0.262. The van der Waals surface area contributed by atoms with Gasteiger partial charge in [-0.1, -0.05) is 44.0 Å². The molecule has 0 aliphatic heterocycles. The van der Waals surface area contributed by atoms with E-state index in [9.17, 15) is 4.79 Å². The number of amides is 1. The molecule has 94 valence electrons. The number of halogens is 2. The number of carbonyl (C=O) groups is 1. The Morgan fingerprint density at radius 3 is 2.41 bits per heavy atom. The first-order valence-corrected chi connectivity index (χ1v) is 5.99. The molecule has 0 aliphatic rings. The van der Waals surface area contributed by atoms with E-state index in [1.165, 1.54) is 0 Å². The number of benzene rings is 1. The number of hydrogen-bond donors (Lipinski definition) is 2. The minimum absolute atomic E-state index is 0.262. The average molecular weight is 275 g/mol. The highest BCUT2D eigenvalue weighted by atomic mass is 35.5. The van der Waals surface area contributed by atoms with Crippen molar-refractivity contribution in [1.82, 2.24) is 0 Å². The molecule has 0 bridgehead atoms. The first kappa shape index (κ1) is 14.3. The van der Waals surface area contributed by atoms with E-state index in [0.29, 0.717) is 15.7 Å². The van der Waals surface area contributed by atoms with Crippen molar-refractivity contribution in [1.29, 1.82) is 0 Å². The lowest BCUT2D eigenvalue weighted by atomic mass is 9.87. The SMILES string of the molecule is CC(C)(C)[C@@H](N)C(=O)Nc1ccc(Cl)cc1Cl. The predicted octanol–water partition coefficient (Wildman–Crippen LogP) is 3.31. The molecule has 1 aromatic rings. The van der Waals surface area contributed by atoms with Crippen LogP contribution in [0.15, 0.2) is 18.2 Å². The third-order valence-corrected chi connectivity index (χ3v) is 2.95. The molecule has 1 aromatic carbocycles. The van der Waals surface area contributed by atoms with E-state index in [1.54, 1.807) is 18.2 Å². The second kappa shape index (κ2) is 5.25. The van der Waals surface area contributed by atoms with Gasteiger partial charge in [0.2, 0.25) is 5.91 Å². The van der Waals surface area contributed by atoms with Crippen molar-refractivity contribution < 1.29 is 4.79 Å². The minimum Gasteiger partial charge on any atom is -0.323 e. The monoisotopic (exact) mass is 274 g/mol. The molecular weight excluding hydrogens is 259 g/mol. The molecule has 1 amide bonds. The predicted molar refractivity (Wildman–Crippen MR) is 72.5 cm³/mol. The molecule has 0 fully saturated rings. The van der Waals surface area contributed by atoms with E-state index < -0.39 is 6.04 Å². The summed E-state index contributed by atoms with van der Waals surface area (Å²) in [6.45, 7) is 5.71. The van der Waals surface area contributed by atoms with Gasteiger partial charge in [0, 0.05) is 5.02 Å². The maximum atomic E-state index is 11.9. The van der Waals surface area contributed by atoms with Gasteiger partial charge >= 0.3 is 0 Å². The van der Waals surface area contributed by atoms with Crippen LogP contribution >= 0.6 is 23.2 Å². The van der Waals surface area contributed by atoms with Gasteiger partial charge in [0.15, 0.2) is 0 Å². The third kappa shape index (κ3) is 3.87. The van der Waals surface area contributed by atoms with Gasteiger partial charge < -0.3 is 11.1 Å². The molecule has 0 saturated carbocycles. The van der Waals surface area contributed by atoms with Gasteiger partial charge in [-0.3, -0.25) is 4.79 Å². The van der Waals surface area contributed by atoms with Crippen molar-refractivity contribution in [3.63, 3.8) is 0 Å². The fraction of sp³-hybridized carbons (Fsp3) is 0.417. The van der Waals surface area contributed by atoms with Crippen LogP contribution in [0.1, 0.15) is 20.8 Å². The first-order valence-electron chi connectivity index (χ1n) is 5.23. The Morgan fingerprint density at radius 2 is 1.94 bits per heavy atom. The summed E-state index contributed by atoms with van der Waals surface area (Å²) >= 11 is 11.7. The normalized spacial score (nSPS) is 13.3. The number of nitrogens with one attached hydrogen (secondary N) is 1. The van der Waals surface area contributed by atoms with Gasteiger partial charge in [0.1, 0.15) is 0 Å². The van der Waals surface area contributed by atoms with E-state index >= 15 is 0 Å². The number of rotatable bonds is 2. The van der Waals surface area contributed by atoms with Crippen LogP contribution in [0, 0.1) is 5.41 Å². The molecule has 1 rings (SSSR count). The van der Waals surface area contributed by atoms with Crippen molar-refractivity contribution in [2.24, 2.45) is 11.1 Å². The lowest BCUT2D eigenvalue weighted by Crippen LogP contribution is -2.45. The maximum absolute atomic E-state index is 11.9. The molecule has 3 N–H and O–H groups in total. The van der Waals surface area contributed by atoms with Crippen LogP contribution in [0.4, 0.5) is 5.69 Å². The number of nitrogens with two attached hydrogens (primary N) is 1. The molecule has 5 heteroatoms. The molecule has 0 aliphatic carbocycles. The molecule has 17 heavy (non-hydrogen) atoms. The molecule has 0 radical (unpaired) electrons. The third-order valence-electron chi connectivity index (χ3n) is 2.40. The lowest BCUT2D eigenvalue weighted by Gasteiger charge is -2.26. The molecule has 1 atom stereocenters. The highest BCUT2D eigenvalue weighted by Gasteiger charge is 2.27. The summed E-state index contributed by atoms with van der Waals surface area (Å²) in [7, 11) is 0.